The lowest BCUT2D eigenvalue weighted by Gasteiger charge is -2.13. The van der Waals surface area contributed by atoms with Crippen molar-refractivity contribution in [2.45, 2.75) is 6.42 Å². The number of ether oxygens (including phenoxy) is 3. The molecule has 3 rings (SSSR count). The molecule has 0 saturated heterocycles. The first-order chi connectivity index (χ1) is 12.9. The molecule has 2 N–H and O–H groups in total. The van der Waals surface area contributed by atoms with Crippen LogP contribution in [0.4, 0.5) is 4.79 Å². The van der Waals surface area contributed by atoms with Crippen molar-refractivity contribution in [3.8, 4) is 17.2 Å². The number of fused-ring (bicyclic) bond motifs is 1. The van der Waals surface area contributed by atoms with Crippen molar-refractivity contribution in [3.63, 3.8) is 0 Å². The summed E-state index contributed by atoms with van der Waals surface area (Å²) in [5, 5.41) is 5.58. The molecule has 8 heteroatoms. The predicted molar refractivity (Wildman–Crippen MR) is 99.5 cm³/mol. The Labute approximate surface area is 155 Å². The summed E-state index contributed by atoms with van der Waals surface area (Å²) < 4.78 is 16.8. The van der Waals surface area contributed by atoms with E-state index >= 15 is 0 Å². The number of carbonyl (C=O) groups is 1. The fraction of sp³-hybridized carbons (Fsp3) is 0.211. The third-order valence-electron chi connectivity index (χ3n) is 4.14. The van der Waals surface area contributed by atoms with Crippen LogP contribution in [0.15, 0.2) is 41.2 Å². The van der Waals surface area contributed by atoms with Crippen molar-refractivity contribution in [1.29, 1.82) is 0 Å². The van der Waals surface area contributed by atoms with Gasteiger partial charge in [0.25, 0.3) is 5.56 Å². The van der Waals surface area contributed by atoms with E-state index < -0.39 is 6.09 Å². The third-order valence-corrected chi connectivity index (χ3v) is 4.14. The number of carbonyl (C=O) groups excluding carboxylic acids is 1. The van der Waals surface area contributed by atoms with Gasteiger partial charge in [0.1, 0.15) is 5.75 Å². The zero-order valence-corrected chi connectivity index (χ0v) is 15.2. The van der Waals surface area contributed by atoms with Crippen LogP contribution in [0, 0.1) is 0 Å². The molecule has 0 saturated carbocycles. The van der Waals surface area contributed by atoms with E-state index in [0.29, 0.717) is 40.1 Å². The Morgan fingerprint density at radius 2 is 1.67 bits per heavy atom. The average molecular weight is 369 g/mol. The number of aromatic nitrogens is 2. The highest BCUT2D eigenvalue weighted by molar-refractivity contribution is 5.87. The van der Waals surface area contributed by atoms with Gasteiger partial charge in [-0.25, -0.2) is 9.48 Å². The first-order valence-electron chi connectivity index (χ1n) is 8.11. The molecule has 3 aromatic rings. The monoisotopic (exact) mass is 369 g/mol. The number of benzene rings is 2. The molecule has 1 heterocycles. The van der Waals surface area contributed by atoms with Gasteiger partial charge in [0.2, 0.25) is 0 Å². The molecule has 0 atom stereocenters. The summed E-state index contributed by atoms with van der Waals surface area (Å²) in [6.07, 6.45) is -0.397. The van der Waals surface area contributed by atoms with E-state index in [9.17, 15) is 9.59 Å². The van der Waals surface area contributed by atoms with Gasteiger partial charge in [0.05, 0.1) is 25.3 Å². The molecule has 0 aliphatic heterocycles. The Hall–Kier alpha value is -3.55. The van der Waals surface area contributed by atoms with Gasteiger partial charge in [-0.3, -0.25) is 4.79 Å². The Morgan fingerprint density at radius 3 is 2.22 bits per heavy atom. The molecule has 1 amide bonds. The van der Waals surface area contributed by atoms with E-state index in [4.69, 9.17) is 19.9 Å². The van der Waals surface area contributed by atoms with Gasteiger partial charge < -0.3 is 19.9 Å². The molecule has 0 bridgehead atoms. The van der Waals surface area contributed by atoms with Crippen LogP contribution in [0.3, 0.4) is 0 Å². The number of primary amides is 1. The lowest BCUT2D eigenvalue weighted by atomic mass is 10.0. The van der Waals surface area contributed by atoms with Gasteiger partial charge in [0.15, 0.2) is 11.5 Å². The molecule has 8 nitrogen and oxygen atoms in total. The highest BCUT2D eigenvalue weighted by atomic mass is 16.5. The first kappa shape index (κ1) is 18.2. The Bertz CT molecular complexity index is 1060. The summed E-state index contributed by atoms with van der Waals surface area (Å²) in [6.45, 7) is 0. The fourth-order valence-electron chi connectivity index (χ4n) is 2.86. The van der Waals surface area contributed by atoms with E-state index in [1.165, 1.54) is 18.9 Å². The summed E-state index contributed by atoms with van der Waals surface area (Å²) in [6, 6.07) is 10.3. The van der Waals surface area contributed by atoms with Gasteiger partial charge in [0, 0.05) is 18.9 Å². The second-order valence-corrected chi connectivity index (χ2v) is 5.87. The molecule has 140 valence electrons. The molecular weight excluding hydrogens is 350 g/mol. The van der Waals surface area contributed by atoms with Gasteiger partial charge in [-0.15, -0.1) is 0 Å². The second kappa shape index (κ2) is 7.36. The van der Waals surface area contributed by atoms with Crippen molar-refractivity contribution in [3.05, 3.63) is 58.0 Å². The number of hydrogen-bond donors (Lipinski definition) is 1. The lowest BCUT2D eigenvalue weighted by molar-refractivity contribution is 0.211. The number of nitrogens with two attached hydrogens (primary N) is 1. The number of aryl methyl sites for hydroxylation is 1. The zero-order chi connectivity index (χ0) is 19.6. The Morgan fingerprint density at radius 1 is 1.07 bits per heavy atom. The summed E-state index contributed by atoms with van der Waals surface area (Å²) in [5.74, 6) is 1.36. The van der Waals surface area contributed by atoms with Crippen molar-refractivity contribution in [2.75, 3.05) is 14.2 Å². The van der Waals surface area contributed by atoms with E-state index in [0.717, 1.165) is 5.56 Å². The number of hydrogen-bond acceptors (Lipinski definition) is 6. The van der Waals surface area contributed by atoms with Crippen LogP contribution < -0.4 is 25.5 Å². The van der Waals surface area contributed by atoms with Crippen LogP contribution in [0.5, 0.6) is 17.2 Å². The van der Waals surface area contributed by atoms with Gasteiger partial charge in [-0.05, 0) is 29.8 Å². The maximum Gasteiger partial charge on any atom is 0.409 e. The third kappa shape index (κ3) is 3.69. The molecule has 0 radical (unpaired) electrons. The lowest BCUT2D eigenvalue weighted by Crippen LogP contribution is -2.21. The first-order valence-corrected chi connectivity index (χ1v) is 8.11. The van der Waals surface area contributed by atoms with Gasteiger partial charge in [-0.2, -0.15) is 5.10 Å². The molecule has 0 unspecified atom stereocenters. The van der Waals surface area contributed by atoms with Crippen molar-refractivity contribution in [2.24, 2.45) is 12.8 Å². The molecule has 27 heavy (non-hydrogen) atoms. The van der Waals surface area contributed by atoms with Crippen molar-refractivity contribution >= 4 is 16.9 Å². The summed E-state index contributed by atoms with van der Waals surface area (Å²) in [4.78, 5) is 23.3. The van der Waals surface area contributed by atoms with E-state index in [-0.39, 0.29) is 5.56 Å². The highest BCUT2D eigenvalue weighted by Crippen LogP contribution is 2.32. The van der Waals surface area contributed by atoms with E-state index in [1.54, 1.807) is 43.4 Å². The maximum absolute atomic E-state index is 12.5. The largest absolute Gasteiger partial charge is 0.493 e. The van der Waals surface area contributed by atoms with Crippen LogP contribution in [0.1, 0.15) is 11.3 Å². The number of nitrogens with zero attached hydrogens (tertiary/aromatic N) is 2. The molecule has 0 spiro atoms. The minimum Gasteiger partial charge on any atom is -0.493 e. The van der Waals surface area contributed by atoms with Crippen LogP contribution in [0.25, 0.3) is 10.8 Å². The van der Waals surface area contributed by atoms with Crippen LogP contribution in [0.2, 0.25) is 0 Å². The quantitative estimate of drug-likeness (QED) is 0.737. The van der Waals surface area contributed by atoms with Gasteiger partial charge >= 0.3 is 6.09 Å². The van der Waals surface area contributed by atoms with Crippen LogP contribution >= 0.6 is 0 Å². The maximum atomic E-state index is 12.5. The normalized spacial score (nSPS) is 10.6. The summed E-state index contributed by atoms with van der Waals surface area (Å²) in [7, 11) is 4.66. The van der Waals surface area contributed by atoms with Crippen molar-refractivity contribution in [1.82, 2.24) is 9.78 Å². The minimum absolute atomic E-state index is 0.222. The van der Waals surface area contributed by atoms with Crippen LogP contribution in [-0.2, 0) is 13.5 Å². The smallest absolute Gasteiger partial charge is 0.409 e. The fourth-order valence-corrected chi connectivity index (χ4v) is 2.86. The number of rotatable bonds is 5. The second-order valence-electron chi connectivity index (χ2n) is 5.87. The van der Waals surface area contributed by atoms with Crippen LogP contribution in [-0.4, -0.2) is 30.1 Å². The van der Waals surface area contributed by atoms with E-state index in [2.05, 4.69) is 5.10 Å². The van der Waals surface area contributed by atoms with E-state index in [1.807, 2.05) is 0 Å². The Kier molecular flexibility index (Phi) is 4.98. The minimum atomic E-state index is -0.866. The SMILES string of the molecule is COc1cc2c(Cc3ccc(OC(N)=O)cc3)nn(C)c(=O)c2cc1OC. The summed E-state index contributed by atoms with van der Waals surface area (Å²) in [5.41, 5.74) is 6.41. The molecule has 0 fully saturated rings. The number of amides is 1. The molecule has 0 aliphatic carbocycles. The average Bonchev–Trinajstić information content (AvgIpc) is 2.66. The molecule has 0 aliphatic rings. The zero-order valence-electron chi connectivity index (χ0n) is 15.2. The predicted octanol–water partition coefficient (Wildman–Crippen LogP) is 2.00. The number of methoxy groups -OCH3 is 2. The molecule has 2 aromatic carbocycles. The highest BCUT2D eigenvalue weighted by Gasteiger charge is 2.15. The van der Waals surface area contributed by atoms with Gasteiger partial charge in [-0.1, -0.05) is 12.1 Å². The Balaban J connectivity index is 2.07. The summed E-state index contributed by atoms with van der Waals surface area (Å²) >= 11 is 0. The van der Waals surface area contributed by atoms with Crippen molar-refractivity contribution < 1.29 is 19.0 Å². The standard InChI is InChI=1S/C19H19N3O5/c1-22-18(23)14-10-17(26-3)16(25-2)9-13(14)15(21-22)8-11-4-6-12(7-5-11)27-19(20)24/h4-7,9-10H,8H2,1-3H3,(H2,20,24). The molecular formula is C19H19N3O5. The topological polar surface area (TPSA) is 106 Å². The molecule has 1 aromatic heterocycles.